The molecule has 0 saturated heterocycles. The number of amides is 1. The maximum absolute atomic E-state index is 13.5. The number of hydrogen-bond donors (Lipinski definition) is 1. The highest BCUT2D eigenvalue weighted by Gasteiger charge is 2.29. The van der Waals surface area contributed by atoms with E-state index in [4.69, 9.17) is 4.84 Å². The second-order valence-corrected chi connectivity index (χ2v) is 4.48. The zero-order valence-electron chi connectivity index (χ0n) is 10.3. The summed E-state index contributed by atoms with van der Waals surface area (Å²) < 4.78 is 13.5. The lowest BCUT2D eigenvalue weighted by Gasteiger charge is -2.11. The molecule has 0 radical (unpaired) electrons. The van der Waals surface area contributed by atoms with Crippen molar-refractivity contribution in [2.24, 2.45) is 5.16 Å². The van der Waals surface area contributed by atoms with Crippen LogP contribution in [0.5, 0.6) is 0 Å². The Balaban J connectivity index is 2.04. The average molecular weight is 250 g/mol. The molecule has 18 heavy (non-hydrogen) atoms. The van der Waals surface area contributed by atoms with Crippen molar-refractivity contribution in [3.05, 3.63) is 35.6 Å². The van der Waals surface area contributed by atoms with Gasteiger partial charge in [0, 0.05) is 18.0 Å². The smallest absolute Gasteiger partial charge is 0.264 e. The minimum atomic E-state index is -0.665. The molecule has 0 bridgehead atoms. The summed E-state index contributed by atoms with van der Waals surface area (Å²) in [5, 5.41) is 6.53. The molecule has 5 heteroatoms. The van der Waals surface area contributed by atoms with Gasteiger partial charge in [0.25, 0.3) is 5.91 Å². The Bertz CT molecular complexity index is 486. The van der Waals surface area contributed by atoms with Crippen LogP contribution in [0.25, 0.3) is 0 Å². The van der Waals surface area contributed by atoms with Crippen molar-refractivity contribution < 1.29 is 14.0 Å². The maximum Gasteiger partial charge on any atom is 0.264 e. The first-order valence-corrected chi connectivity index (χ1v) is 5.86. The van der Waals surface area contributed by atoms with Gasteiger partial charge in [-0.05, 0) is 19.9 Å². The Kier molecular flexibility index (Phi) is 3.60. The molecule has 0 fully saturated rings. The SMILES string of the molecule is CC(C)NC(=O)[C@@H]1CC(c2ccccc2F)=NO1. The number of hydrogen-bond acceptors (Lipinski definition) is 3. The van der Waals surface area contributed by atoms with Crippen molar-refractivity contribution in [1.82, 2.24) is 5.32 Å². The van der Waals surface area contributed by atoms with Crippen LogP contribution >= 0.6 is 0 Å². The summed E-state index contributed by atoms with van der Waals surface area (Å²) in [5.41, 5.74) is 0.856. The Morgan fingerprint density at radius 2 is 2.22 bits per heavy atom. The van der Waals surface area contributed by atoms with Crippen molar-refractivity contribution in [3.8, 4) is 0 Å². The number of carbonyl (C=O) groups excluding carboxylic acids is 1. The minimum absolute atomic E-state index is 0.0404. The molecule has 0 saturated carbocycles. The number of nitrogens with zero attached hydrogens (tertiary/aromatic N) is 1. The van der Waals surface area contributed by atoms with Crippen LogP contribution < -0.4 is 5.32 Å². The zero-order chi connectivity index (χ0) is 13.1. The molecule has 1 aliphatic heterocycles. The highest BCUT2D eigenvalue weighted by Crippen LogP contribution is 2.19. The summed E-state index contributed by atoms with van der Waals surface area (Å²) in [4.78, 5) is 16.8. The summed E-state index contributed by atoms with van der Waals surface area (Å²) in [6, 6.07) is 6.36. The van der Waals surface area contributed by atoms with E-state index in [-0.39, 0.29) is 17.8 Å². The van der Waals surface area contributed by atoms with Gasteiger partial charge in [0.1, 0.15) is 5.82 Å². The maximum atomic E-state index is 13.5. The normalized spacial score (nSPS) is 18.4. The van der Waals surface area contributed by atoms with E-state index >= 15 is 0 Å². The number of oxime groups is 1. The van der Waals surface area contributed by atoms with Gasteiger partial charge in [0.15, 0.2) is 0 Å². The second-order valence-electron chi connectivity index (χ2n) is 4.48. The van der Waals surface area contributed by atoms with Gasteiger partial charge in [0.05, 0.1) is 5.71 Å². The van der Waals surface area contributed by atoms with Crippen LogP contribution in [-0.4, -0.2) is 23.8 Å². The first-order chi connectivity index (χ1) is 8.58. The van der Waals surface area contributed by atoms with Gasteiger partial charge in [-0.3, -0.25) is 4.79 Å². The van der Waals surface area contributed by atoms with Crippen LogP contribution in [-0.2, 0) is 9.63 Å². The van der Waals surface area contributed by atoms with E-state index in [0.717, 1.165) is 0 Å². The molecule has 1 N–H and O–H groups in total. The molecule has 96 valence electrons. The van der Waals surface area contributed by atoms with E-state index < -0.39 is 6.10 Å². The molecule has 1 atom stereocenters. The van der Waals surface area contributed by atoms with Gasteiger partial charge >= 0.3 is 0 Å². The highest BCUT2D eigenvalue weighted by molar-refractivity contribution is 6.04. The number of halogens is 1. The van der Waals surface area contributed by atoms with Crippen LogP contribution in [0, 0.1) is 5.82 Å². The molecule has 0 aromatic heterocycles. The number of nitrogens with one attached hydrogen (secondary N) is 1. The minimum Gasteiger partial charge on any atom is -0.382 e. The van der Waals surface area contributed by atoms with Crippen LogP contribution in [0.15, 0.2) is 29.4 Å². The summed E-state index contributed by atoms with van der Waals surface area (Å²) >= 11 is 0. The van der Waals surface area contributed by atoms with E-state index in [1.807, 2.05) is 13.8 Å². The van der Waals surface area contributed by atoms with E-state index in [9.17, 15) is 9.18 Å². The van der Waals surface area contributed by atoms with Crippen molar-refractivity contribution in [2.75, 3.05) is 0 Å². The molecule has 2 rings (SSSR count). The Labute approximate surface area is 105 Å². The van der Waals surface area contributed by atoms with E-state index in [0.29, 0.717) is 17.7 Å². The Morgan fingerprint density at radius 1 is 1.50 bits per heavy atom. The molecule has 0 unspecified atom stereocenters. The lowest BCUT2D eigenvalue weighted by molar-refractivity contribution is -0.131. The van der Waals surface area contributed by atoms with Crippen molar-refractivity contribution in [2.45, 2.75) is 32.4 Å². The van der Waals surface area contributed by atoms with Crippen LogP contribution in [0.3, 0.4) is 0 Å². The van der Waals surface area contributed by atoms with Crippen molar-refractivity contribution in [3.63, 3.8) is 0 Å². The molecule has 1 amide bonds. The van der Waals surface area contributed by atoms with Gasteiger partial charge in [-0.25, -0.2) is 4.39 Å². The summed E-state index contributed by atoms with van der Waals surface area (Å²) in [6.45, 7) is 3.73. The third-order valence-electron chi connectivity index (χ3n) is 2.58. The largest absolute Gasteiger partial charge is 0.382 e. The number of carbonyl (C=O) groups is 1. The topological polar surface area (TPSA) is 50.7 Å². The van der Waals surface area contributed by atoms with Crippen molar-refractivity contribution in [1.29, 1.82) is 0 Å². The fourth-order valence-electron chi connectivity index (χ4n) is 1.75. The standard InChI is InChI=1S/C13H15FN2O2/c1-8(2)15-13(17)12-7-11(16-18-12)9-5-3-4-6-10(9)14/h3-6,8,12H,7H2,1-2H3,(H,15,17)/t12-/m0/s1. The van der Waals surface area contributed by atoms with Crippen LogP contribution in [0.4, 0.5) is 4.39 Å². The monoisotopic (exact) mass is 250 g/mol. The molecule has 0 aliphatic carbocycles. The number of benzene rings is 1. The van der Waals surface area contributed by atoms with Gasteiger partial charge in [-0.1, -0.05) is 23.4 Å². The van der Waals surface area contributed by atoms with E-state index in [2.05, 4.69) is 10.5 Å². The molecule has 1 heterocycles. The van der Waals surface area contributed by atoms with E-state index in [1.54, 1.807) is 18.2 Å². The molecule has 4 nitrogen and oxygen atoms in total. The van der Waals surface area contributed by atoms with Gasteiger partial charge < -0.3 is 10.2 Å². The van der Waals surface area contributed by atoms with Crippen LogP contribution in [0.1, 0.15) is 25.8 Å². The highest BCUT2D eigenvalue weighted by atomic mass is 19.1. The van der Waals surface area contributed by atoms with Gasteiger partial charge in [0.2, 0.25) is 6.10 Å². The molecule has 1 aromatic rings. The summed E-state index contributed by atoms with van der Waals surface area (Å²) in [6.07, 6.45) is -0.374. The average Bonchev–Trinajstić information content (AvgIpc) is 2.78. The molecule has 1 aliphatic rings. The quantitative estimate of drug-likeness (QED) is 0.890. The van der Waals surface area contributed by atoms with E-state index in [1.165, 1.54) is 6.07 Å². The lowest BCUT2D eigenvalue weighted by Crippen LogP contribution is -2.38. The lowest BCUT2D eigenvalue weighted by atomic mass is 10.0. The van der Waals surface area contributed by atoms with Crippen LogP contribution in [0.2, 0.25) is 0 Å². The van der Waals surface area contributed by atoms with Gasteiger partial charge in [-0.15, -0.1) is 0 Å². The Hall–Kier alpha value is -1.91. The summed E-state index contributed by atoms with van der Waals surface area (Å²) in [5.74, 6) is -0.579. The summed E-state index contributed by atoms with van der Waals surface area (Å²) in [7, 11) is 0. The molecular weight excluding hydrogens is 235 g/mol. The second kappa shape index (κ2) is 5.16. The van der Waals surface area contributed by atoms with Gasteiger partial charge in [-0.2, -0.15) is 0 Å². The molecular formula is C13H15FN2O2. The first-order valence-electron chi connectivity index (χ1n) is 5.86. The Morgan fingerprint density at radius 3 is 2.89 bits per heavy atom. The fraction of sp³-hybridized carbons (Fsp3) is 0.385. The third kappa shape index (κ3) is 2.67. The first kappa shape index (κ1) is 12.5. The number of rotatable bonds is 3. The third-order valence-corrected chi connectivity index (χ3v) is 2.58. The molecule has 1 aromatic carbocycles. The predicted octanol–water partition coefficient (Wildman–Crippen LogP) is 1.84. The fourth-order valence-corrected chi connectivity index (χ4v) is 1.75. The zero-order valence-corrected chi connectivity index (χ0v) is 10.3. The predicted molar refractivity (Wildman–Crippen MR) is 65.7 cm³/mol. The molecule has 0 spiro atoms. The van der Waals surface area contributed by atoms with Crippen molar-refractivity contribution >= 4 is 11.6 Å².